The normalized spacial score (nSPS) is 16.8. The van der Waals surface area contributed by atoms with Gasteiger partial charge in [0.05, 0.1) is 18.7 Å². The van der Waals surface area contributed by atoms with Crippen molar-refractivity contribution >= 4 is 11.7 Å². The molecule has 1 unspecified atom stereocenters. The third-order valence-corrected chi connectivity index (χ3v) is 4.77. The predicted molar refractivity (Wildman–Crippen MR) is 102 cm³/mol. The Morgan fingerprint density at radius 2 is 1.93 bits per heavy atom. The van der Waals surface area contributed by atoms with Crippen molar-refractivity contribution in [2.75, 3.05) is 7.11 Å². The van der Waals surface area contributed by atoms with Gasteiger partial charge in [-0.3, -0.25) is 9.59 Å². The first-order chi connectivity index (χ1) is 13.0. The Balaban J connectivity index is 2.05. The molecule has 0 aliphatic carbocycles. The summed E-state index contributed by atoms with van der Waals surface area (Å²) < 4.78 is 5.25. The molecule has 0 radical (unpaired) electrons. The number of methoxy groups -OCH3 is 1. The Bertz CT molecular complexity index is 916. The Morgan fingerprint density at radius 1 is 1.19 bits per heavy atom. The van der Waals surface area contributed by atoms with Gasteiger partial charge >= 0.3 is 0 Å². The minimum absolute atomic E-state index is 0.177. The van der Waals surface area contributed by atoms with Gasteiger partial charge in [0, 0.05) is 13.0 Å². The fraction of sp³-hybridized carbons (Fsp3) is 0.273. The van der Waals surface area contributed by atoms with E-state index in [2.05, 4.69) is 0 Å². The lowest BCUT2D eigenvalue weighted by molar-refractivity contribution is -0.130. The SMILES string of the molecule is CCC(=O)C1=C(O)C(=O)N(Cc2cccc(OC)c2)C1c1cccc(C)c1. The lowest BCUT2D eigenvalue weighted by Crippen LogP contribution is -2.30. The van der Waals surface area contributed by atoms with E-state index in [4.69, 9.17) is 4.74 Å². The van der Waals surface area contributed by atoms with Crippen LogP contribution < -0.4 is 4.74 Å². The maximum absolute atomic E-state index is 12.8. The maximum Gasteiger partial charge on any atom is 0.290 e. The van der Waals surface area contributed by atoms with Gasteiger partial charge in [0.1, 0.15) is 5.75 Å². The van der Waals surface area contributed by atoms with Gasteiger partial charge in [-0.15, -0.1) is 0 Å². The van der Waals surface area contributed by atoms with Crippen molar-refractivity contribution in [1.82, 2.24) is 4.90 Å². The molecular weight excluding hydrogens is 342 g/mol. The number of carbonyl (C=O) groups excluding carboxylic acids is 2. The van der Waals surface area contributed by atoms with Crippen LogP contribution in [-0.2, 0) is 16.1 Å². The monoisotopic (exact) mass is 365 g/mol. The summed E-state index contributed by atoms with van der Waals surface area (Å²) in [5.74, 6) is -0.508. The van der Waals surface area contributed by atoms with E-state index in [1.807, 2.05) is 55.5 Å². The standard InChI is InChI=1S/C22H23NO4/c1-4-18(24)19-20(16-9-5-7-14(2)11-16)23(22(26)21(19)25)13-15-8-6-10-17(12-15)27-3/h5-12,20,25H,4,13H2,1-3H3. The summed E-state index contributed by atoms with van der Waals surface area (Å²) in [7, 11) is 1.58. The molecule has 5 nitrogen and oxygen atoms in total. The molecular formula is C22H23NO4. The number of ketones is 1. The zero-order valence-corrected chi connectivity index (χ0v) is 15.7. The molecule has 0 saturated carbocycles. The molecule has 1 aliphatic rings. The van der Waals surface area contributed by atoms with Crippen molar-refractivity contribution in [3.63, 3.8) is 0 Å². The van der Waals surface area contributed by atoms with Gasteiger partial charge in [0.25, 0.3) is 5.91 Å². The quantitative estimate of drug-likeness (QED) is 0.844. The van der Waals surface area contributed by atoms with Gasteiger partial charge in [-0.25, -0.2) is 0 Å². The summed E-state index contributed by atoms with van der Waals surface area (Å²) in [6.45, 7) is 3.95. The van der Waals surface area contributed by atoms with Crippen molar-refractivity contribution in [2.24, 2.45) is 0 Å². The fourth-order valence-electron chi connectivity index (χ4n) is 3.45. The highest BCUT2D eigenvalue weighted by atomic mass is 16.5. The molecule has 0 bridgehead atoms. The molecule has 140 valence electrons. The second-order valence-corrected chi connectivity index (χ2v) is 6.64. The number of hydrogen-bond donors (Lipinski definition) is 1. The average Bonchev–Trinajstić information content (AvgIpc) is 2.92. The number of nitrogens with zero attached hydrogens (tertiary/aromatic N) is 1. The number of hydrogen-bond acceptors (Lipinski definition) is 4. The van der Waals surface area contributed by atoms with Gasteiger partial charge in [-0.2, -0.15) is 0 Å². The number of Topliss-reactive ketones (excluding diaryl/α,β-unsaturated/α-hetero) is 1. The van der Waals surface area contributed by atoms with Crippen LogP contribution in [-0.4, -0.2) is 28.8 Å². The number of aliphatic hydroxyl groups is 1. The van der Waals surface area contributed by atoms with Gasteiger partial charge in [0.2, 0.25) is 0 Å². The first kappa shape index (κ1) is 18.7. The van der Waals surface area contributed by atoms with Gasteiger partial charge in [-0.1, -0.05) is 48.9 Å². The van der Waals surface area contributed by atoms with Crippen LogP contribution >= 0.6 is 0 Å². The second kappa shape index (κ2) is 7.66. The highest BCUT2D eigenvalue weighted by molar-refractivity contribution is 6.08. The van der Waals surface area contributed by atoms with Crippen molar-refractivity contribution in [2.45, 2.75) is 32.9 Å². The van der Waals surface area contributed by atoms with Crippen LogP contribution in [0, 0.1) is 6.92 Å². The molecule has 1 N–H and O–H groups in total. The molecule has 1 aliphatic heterocycles. The highest BCUT2D eigenvalue weighted by Gasteiger charge is 2.42. The summed E-state index contributed by atoms with van der Waals surface area (Å²) in [6.07, 6.45) is 0.224. The molecule has 2 aromatic rings. The molecule has 0 fully saturated rings. The molecule has 5 heteroatoms. The number of ether oxygens (including phenoxy) is 1. The van der Waals surface area contributed by atoms with Crippen LogP contribution in [0.5, 0.6) is 5.75 Å². The average molecular weight is 365 g/mol. The summed E-state index contributed by atoms with van der Waals surface area (Å²) >= 11 is 0. The van der Waals surface area contributed by atoms with Crippen molar-refractivity contribution in [1.29, 1.82) is 0 Å². The minimum atomic E-state index is -0.601. The molecule has 0 saturated heterocycles. The van der Waals surface area contributed by atoms with E-state index >= 15 is 0 Å². The van der Waals surface area contributed by atoms with Crippen LogP contribution in [0.25, 0.3) is 0 Å². The molecule has 2 aromatic carbocycles. The summed E-state index contributed by atoms with van der Waals surface area (Å²) in [5.41, 5.74) is 2.87. The highest BCUT2D eigenvalue weighted by Crippen LogP contribution is 2.39. The van der Waals surface area contributed by atoms with Gasteiger partial charge in [0.15, 0.2) is 11.5 Å². The largest absolute Gasteiger partial charge is 0.503 e. The fourth-order valence-corrected chi connectivity index (χ4v) is 3.45. The predicted octanol–water partition coefficient (Wildman–Crippen LogP) is 3.88. The van der Waals surface area contributed by atoms with E-state index in [9.17, 15) is 14.7 Å². The van der Waals surface area contributed by atoms with Crippen LogP contribution in [0.3, 0.4) is 0 Å². The number of benzene rings is 2. The third kappa shape index (κ3) is 3.58. The van der Waals surface area contributed by atoms with Crippen molar-refractivity contribution in [3.8, 4) is 5.75 Å². The second-order valence-electron chi connectivity index (χ2n) is 6.64. The molecule has 27 heavy (non-hydrogen) atoms. The zero-order valence-electron chi connectivity index (χ0n) is 15.7. The molecule has 0 aromatic heterocycles. The summed E-state index contributed by atoms with van der Waals surface area (Å²) in [6, 6.07) is 14.5. The lowest BCUT2D eigenvalue weighted by Gasteiger charge is -2.27. The first-order valence-corrected chi connectivity index (χ1v) is 8.93. The minimum Gasteiger partial charge on any atom is -0.503 e. The van der Waals surface area contributed by atoms with Crippen molar-refractivity contribution in [3.05, 3.63) is 76.6 Å². The van der Waals surface area contributed by atoms with E-state index in [0.717, 1.165) is 16.7 Å². The van der Waals surface area contributed by atoms with Crippen LogP contribution in [0.2, 0.25) is 0 Å². The number of aliphatic hydroxyl groups excluding tert-OH is 1. The first-order valence-electron chi connectivity index (χ1n) is 8.93. The zero-order chi connectivity index (χ0) is 19.6. The van der Waals surface area contributed by atoms with Gasteiger partial charge < -0.3 is 14.7 Å². The Kier molecular flexibility index (Phi) is 5.31. The van der Waals surface area contributed by atoms with Crippen LogP contribution in [0.15, 0.2) is 59.9 Å². The summed E-state index contributed by atoms with van der Waals surface area (Å²) in [5, 5.41) is 10.5. The maximum atomic E-state index is 12.8. The smallest absolute Gasteiger partial charge is 0.290 e. The Morgan fingerprint density at radius 3 is 2.59 bits per heavy atom. The molecule has 1 amide bonds. The topological polar surface area (TPSA) is 66.8 Å². The van der Waals surface area contributed by atoms with E-state index in [1.165, 1.54) is 0 Å². The Labute approximate surface area is 158 Å². The van der Waals surface area contributed by atoms with Crippen molar-refractivity contribution < 1.29 is 19.4 Å². The Hall–Kier alpha value is -3.08. The molecule has 3 rings (SSSR count). The van der Waals surface area contributed by atoms with Crippen LogP contribution in [0.4, 0.5) is 0 Å². The van der Waals surface area contributed by atoms with E-state index < -0.39 is 17.7 Å². The molecule has 1 atom stereocenters. The number of carbonyl (C=O) groups is 2. The van der Waals surface area contributed by atoms with Crippen LogP contribution in [0.1, 0.15) is 36.1 Å². The third-order valence-electron chi connectivity index (χ3n) is 4.77. The summed E-state index contributed by atoms with van der Waals surface area (Å²) in [4.78, 5) is 26.9. The number of aryl methyl sites for hydroxylation is 1. The lowest BCUT2D eigenvalue weighted by atomic mass is 9.94. The van der Waals surface area contributed by atoms with Gasteiger partial charge in [-0.05, 0) is 30.2 Å². The number of amides is 1. The van der Waals surface area contributed by atoms with E-state index in [0.29, 0.717) is 5.75 Å². The molecule has 1 heterocycles. The van der Waals surface area contributed by atoms with E-state index in [1.54, 1.807) is 18.9 Å². The van der Waals surface area contributed by atoms with E-state index in [-0.39, 0.29) is 24.3 Å². The molecule has 0 spiro atoms. The number of rotatable bonds is 6.